The molecule has 0 amide bonds. The summed E-state index contributed by atoms with van der Waals surface area (Å²) in [5, 5.41) is 0. The van der Waals surface area contributed by atoms with Gasteiger partial charge in [0.1, 0.15) is 5.82 Å². The molecular weight excluding hydrogens is 201 g/mol. The molecule has 1 aromatic carbocycles. The molecule has 0 aromatic heterocycles. The van der Waals surface area contributed by atoms with Gasteiger partial charge in [-0.2, -0.15) is 0 Å². The molecule has 0 bridgehead atoms. The molecule has 1 atom stereocenters. The molecule has 2 aliphatic rings. The lowest BCUT2D eigenvalue weighted by Crippen LogP contribution is -2.48. The number of hydrogen-bond acceptors (Lipinski definition) is 1. The maximum Gasteiger partial charge on any atom is 0.123 e. The van der Waals surface area contributed by atoms with Crippen LogP contribution in [0.25, 0.3) is 0 Å². The van der Waals surface area contributed by atoms with Crippen LogP contribution in [0.2, 0.25) is 0 Å². The number of fused-ring (bicyclic) bond motifs is 2. The van der Waals surface area contributed by atoms with Crippen molar-refractivity contribution in [3.63, 3.8) is 0 Å². The predicted octanol–water partition coefficient (Wildman–Crippen LogP) is 2.77. The van der Waals surface area contributed by atoms with Crippen LogP contribution in [-0.4, -0.2) is 6.54 Å². The quantitative estimate of drug-likeness (QED) is 0.772. The van der Waals surface area contributed by atoms with E-state index in [1.54, 1.807) is 12.1 Å². The van der Waals surface area contributed by atoms with Crippen molar-refractivity contribution >= 4 is 0 Å². The first-order chi connectivity index (χ1) is 7.76. The first-order valence-electron chi connectivity index (χ1n) is 6.25. The van der Waals surface area contributed by atoms with Gasteiger partial charge in [0.15, 0.2) is 0 Å². The highest BCUT2D eigenvalue weighted by molar-refractivity contribution is 5.40. The van der Waals surface area contributed by atoms with E-state index in [0.717, 1.165) is 19.4 Å². The van der Waals surface area contributed by atoms with Gasteiger partial charge in [-0.15, -0.1) is 0 Å². The Morgan fingerprint density at radius 3 is 2.81 bits per heavy atom. The van der Waals surface area contributed by atoms with E-state index in [2.05, 4.69) is 0 Å². The smallest absolute Gasteiger partial charge is 0.123 e. The molecule has 0 heterocycles. The third-order valence-electron chi connectivity index (χ3n) is 4.68. The lowest BCUT2D eigenvalue weighted by Gasteiger charge is -2.51. The van der Waals surface area contributed by atoms with Gasteiger partial charge in [-0.25, -0.2) is 4.39 Å². The fourth-order valence-corrected chi connectivity index (χ4v) is 3.66. The van der Waals surface area contributed by atoms with Crippen LogP contribution in [0.4, 0.5) is 4.39 Å². The van der Waals surface area contributed by atoms with Gasteiger partial charge in [-0.05, 0) is 66.8 Å². The monoisotopic (exact) mass is 219 g/mol. The number of benzene rings is 1. The van der Waals surface area contributed by atoms with Crippen LogP contribution < -0.4 is 5.73 Å². The van der Waals surface area contributed by atoms with Crippen molar-refractivity contribution in [3.05, 3.63) is 35.1 Å². The zero-order valence-corrected chi connectivity index (χ0v) is 9.51. The third-order valence-corrected chi connectivity index (χ3v) is 4.68. The molecule has 1 saturated carbocycles. The second kappa shape index (κ2) is 3.56. The van der Waals surface area contributed by atoms with Crippen LogP contribution in [-0.2, 0) is 11.8 Å². The van der Waals surface area contributed by atoms with E-state index in [-0.39, 0.29) is 5.82 Å². The Morgan fingerprint density at radius 1 is 1.38 bits per heavy atom. The average Bonchev–Trinajstić information content (AvgIpc) is 2.24. The van der Waals surface area contributed by atoms with Crippen molar-refractivity contribution in [2.24, 2.45) is 11.7 Å². The molecule has 2 aliphatic carbocycles. The highest BCUT2D eigenvalue weighted by atomic mass is 19.1. The third kappa shape index (κ3) is 1.26. The van der Waals surface area contributed by atoms with Gasteiger partial charge in [0.05, 0.1) is 0 Å². The summed E-state index contributed by atoms with van der Waals surface area (Å²) < 4.78 is 13.2. The highest BCUT2D eigenvalue weighted by Crippen LogP contribution is 2.53. The summed E-state index contributed by atoms with van der Waals surface area (Å²) in [5.41, 5.74) is 8.82. The summed E-state index contributed by atoms with van der Waals surface area (Å²) >= 11 is 0. The van der Waals surface area contributed by atoms with Gasteiger partial charge in [0.2, 0.25) is 0 Å². The lowest BCUT2D eigenvalue weighted by molar-refractivity contribution is 0.129. The van der Waals surface area contributed by atoms with E-state index in [4.69, 9.17) is 5.73 Å². The molecule has 2 heteroatoms. The van der Waals surface area contributed by atoms with Gasteiger partial charge in [0.25, 0.3) is 0 Å². The van der Waals surface area contributed by atoms with Crippen LogP contribution >= 0.6 is 0 Å². The second-order valence-corrected chi connectivity index (χ2v) is 5.28. The SMILES string of the molecule is NCC1CCc2cc(F)ccc2C12CCC2. The van der Waals surface area contributed by atoms with Crippen LogP contribution in [0.5, 0.6) is 0 Å². The average molecular weight is 219 g/mol. The Kier molecular flexibility index (Phi) is 2.28. The summed E-state index contributed by atoms with van der Waals surface area (Å²) in [7, 11) is 0. The fraction of sp³-hybridized carbons (Fsp3) is 0.571. The van der Waals surface area contributed by atoms with Gasteiger partial charge < -0.3 is 5.73 Å². The van der Waals surface area contributed by atoms with Gasteiger partial charge >= 0.3 is 0 Å². The van der Waals surface area contributed by atoms with Gasteiger partial charge in [-0.3, -0.25) is 0 Å². The Balaban J connectivity index is 2.08. The molecule has 1 unspecified atom stereocenters. The summed E-state index contributed by atoms with van der Waals surface area (Å²) in [6.45, 7) is 0.775. The largest absolute Gasteiger partial charge is 0.330 e. The van der Waals surface area contributed by atoms with Crippen molar-refractivity contribution < 1.29 is 4.39 Å². The number of aryl methyl sites for hydroxylation is 1. The Morgan fingerprint density at radius 2 is 2.19 bits per heavy atom. The summed E-state index contributed by atoms with van der Waals surface area (Å²) in [4.78, 5) is 0. The molecule has 16 heavy (non-hydrogen) atoms. The Bertz CT molecular complexity index is 409. The number of rotatable bonds is 1. The van der Waals surface area contributed by atoms with E-state index >= 15 is 0 Å². The normalized spacial score (nSPS) is 26.2. The van der Waals surface area contributed by atoms with Crippen LogP contribution in [0, 0.1) is 11.7 Å². The minimum Gasteiger partial charge on any atom is -0.330 e. The van der Waals surface area contributed by atoms with Crippen molar-refractivity contribution in [1.82, 2.24) is 0 Å². The van der Waals surface area contributed by atoms with E-state index in [9.17, 15) is 4.39 Å². The molecule has 1 fully saturated rings. The van der Waals surface area contributed by atoms with Gasteiger partial charge in [-0.1, -0.05) is 12.5 Å². The second-order valence-electron chi connectivity index (χ2n) is 5.28. The molecule has 1 spiro atoms. The summed E-state index contributed by atoms with van der Waals surface area (Å²) in [5.74, 6) is 0.513. The van der Waals surface area contributed by atoms with E-state index < -0.39 is 0 Å². The van der Waals surface area contributed by atoms with E-state index in [1.807, 2.05) is 6.07 Å². The standard InChI is InChI=1S/C14H18FN/c15-12-4-5-13-10(8-12)2-3-11(9-16)14(13)6-1-7-14/h4-5,8,11H,1-3,6-7,9,16H2. The van der Waals surface area contributed by atoms with E-state index in [1.165, 1.54) is 30.4 Å². The molecule has 86 valence electrons. The molecule has 3 rings (SSSR count). The minimum atomic E-state index is -0.0978. The molecule has 0 saturated heterocycles. The number of hydrogen-bond donors (Lipinski definition) is 1. The molecular formula is C14H18FN. The predicted molar refractivity (Wildman–Crippen MR) is 62.8 cm³/mol. The minimum absolute atomic E-state index is 0.0978. The van der Waals surface area contributed by atoms with Crippen molar-refractivity contribution in [2.75, 3.05) is 6.54 Å². The highest BCUT2D eigenvalue weighted by Gasteiger charge is 2.47. The van der Waals surface area contributed by atoms with Gasteiger partial charge in [0, 0.05) is 0 Å². The zero-order valence-electron chi connectivity index (χ0n) is 9.51. The van der Waals surface area contributed by atoms with Crippen LogP contribution in [0.15, 0.2) is 18.2 Å². The summed E-state index contributed by atoms with van der Waals surface area (Å²) in [6, 6.07) is 5.34. The molecule has 1 aromatic rings. The number of halogens is 1. The van der Waals surface area contributed by atoms with Crippen molar-refractivity contribution in [2.45, 2.75) is 37.5 Å². The molecule has 0 aliphatic heterocycles. The molecule has 1 nitrogen and oxygen atoms in total. The van der Waals surface area contributed by atoms with Crippen LogP contribution in [0.3, 0.4) is 0 Å². The fourth-order valence-electron chi connectivity index (χ4n) is 3.66. The summed E-state index contributed by atoms with van der Waals surface area (Å²) in [6.07, 6.45) is 5.91. The van der Waals surface area contributed by atoms with Crippen molar-refractivity contribution in [1.29, 1.82) is 0 Å². The molecule has 2 N–H and O–H groups in total. The lowest BCUT2D eigenvalue weighted by atomic mass is 9.53. The first-order valence-corrected chi connectivity index (χ1v) is 6.25. The Labute approximate surface area is 95.8 Å². The maximum absolute atomic E-state index is 13.2. The zero-order chi connectivity index (χ0) is 11.2. The molecule has 0 radical (unpaired) electrons. The van der Waals surface area contributed by atoms with E-state index in [0.29, 0.717) is 11.3 Å². The first kappa shape index (κ1) is 10.3. The topological polar surface area (TPSA) is 26.0 Å². The van der Waals surface area contributed by atoms with Crippen LogP contribution in [0.1, 0.15) is 36.8 Å². The van der Waals surface area contributed by atoms with Crippen molar-refractivity contribution in [3.8, 4) is 0 Å². The number of nitrogens with two attached hydrogens (primary N) is 1. The Hall–Kier alpha value is -0.890. The maximum atomic E-state index is 13.2.